The van der Waals surface area contributed by atoms with Crippen LogP contribution in [0.5, 0.6) is 0 Å². The third kappa shape index (κ3) is 3.61. The van der Waals surface area contributed by atoms with Crippen molar-refractivity contribution < 1.29 is 14.4 Å². The molecule has 0 bridgehead atoms. The highest BCUT2D eigenvalue weighted by molar-refractivity contribution is 6.31. The van der Waals surface area contributed by atoms with Gasteiger partial charge in [0.15, 0.2) is 0 Å². The molecule has 1 fully saturated rings. The maximum Gasteiger partial charge on any atom is 0.315 e. The molecule has 2 unspecified atom stereocenters. The van der Waals surface area contributed by atoms with E-state index in [1.807, 2.05) is 0 Å². The van der Waals surface area contributed by atoms with Crippen LogP contribution >= 0.6 is 11.6 Å². The monoisotopic (exact) mass is 362 g/mol. The van der Waals surface area contributed by atoms with Gasteiger partial charge in [0.25, 0.3) is 5.91 Å². The van der Waals surface area contributed by atoms with Crippen LogP contribution in [0, 0.1) is 0 Å². The lowest BCUT2D eigenvalue weighted by atomic mass is 9.96. The fourth-order valence-corrected chi connectivity index (χ4v) is 3.34. The molecule has 132 valence electrons. The minimum atomic E-state index is -0.628. The topological polar surface area (TPSA) is 90.5 Å². The number of rotatable bonds is 3. The van der Waals surface area contributed by atoms with Crippen LogP contribution in [-0.2, 0) is 4.79 Å². The summed E-state index contributed by atoms with van der Waals surface area (Å²) in [5.74, 6) is -0.475. The molecule has 0 aromatic heterocycles. The van der Waals surface area contributed by atoms with Gasteiger partial charge in [-0.15, -0.1) is 6.58 Å². The van der Waals surface area contributed by atoms with E-state index in [1.54, 1.807) is 29.2 Å². The molecule has 3 N–H and O–H groups in total. The van der Waals surface area contributed by atoms with Crippen molar-refractivity contribution in [3.63, 3.8) is 0 Å². The van der Waals surface area contributed by atoms with Crippen molar-refractivity contribution in [3.8, 4) is 0 Å². The third-order valence-corrected chi connectivity index (χ3v) is 4.61. The Hall–Kier alpha value is -2.54. The van der Waals surface area contributed by atoms with Crippen LogP contribution in [0.15, 0.2) is 30.9 Å². The largest absolute Gasteiger partial charge is 0.335 e. The zero-order chi connectivity index (χ0) is 18.0. The Balaban J connectivity index is 1.75. The van der Waals surface area contributed by atoms with Gasteiger partial charge in [-0.1, -0.05) is 17.7 Å². The van der Waals surface area contributed by atoms with E-state index < -0.39 is 6.04 Å². The van der Waals surface area contributed by atoms with Crippen LogP contribution in [0.25, 0.3) is 0 Å². The first-order valence-corrected chi connectivity index (χ1v) is 8.44. The lowest BCUT2D eigenvalue weighted by molar-refractivity contribution is -0.121. The molecular formula is C17H19ClN4O3. The van der Waals surface area contributed by atoms with Crippen molar-refractivity contribution >= 4 is 35.1 Å². The summed E-state index contributed by atoms with van der Waals surface area (Å²) in [5, 5.41) is 8.70. The standard InChI is InChI=1S/C17H19ClN4O3/c1-2-6-19-17(25)20-11-5-7-22-14(9-11)15(23)21-13-8-10(18)3-4-12(13)16(22)24/h2-4,8,11,14H,1,5-7,9H2,(H,21,23)(H2,19,20,25). The Morgan fingerprint density at radius 3 is 3.00 bits per heavy atom. The van der Waals surface area contributed by atoms with Crippen LogP contribution in [0.3, 0.4) is 0 Å². The summed E-state index contributed by atoms with van der Waals surface area (Å²) >= 11 is 5.96. The molecular weight excluding hydrogens is 344 g/mol. The van der Waals surface area contributed by atoms with Crippen LogP contribution in [0.2, 0.25) is 5.02 Å². The van der Waals surface area contributed by atoms with Crippen molar-refractivity contribution in [1.82, 2.24) is 15.5 Å². The summed E-state index contributed by atoms with van der Waals surface area (Å²) in [6.07, 6.45) is 2.53. The number of anilines is 1. The second kappa shape index (κ2) is 7.14. The highest BCUT2D eigenvalue weighted by atomic mass is 35.5. The molecule has 2 atom stereocenters. The zero-order valence-corrected chi connectivity index (χ0v) is 14.3. The minimum Gasteiger partial charge on any atom is -0.335 e. The highest BCUT2D eigenvalue weighted by Gasteiger charge is 2.40. The number of benzene rings is 1. The molecule has 1 saturated heterocycles. The second-order valence-electron chi connectivity index (χ2n) is 6.06. The number of hydrogen-bond acceptors (Lipinski definition) is 3. The molecule has 3 rings (SSSR count). The number of halogens is 1. The van der Waals surface area contributed by atoms with Gasteiger partial charge in [0.1, 0.15) is 6.04 Å². The number of hydrogen-bond donors (Lipinski definition) is 3. The maximum atomic E-state index is 12.8. The predicted octanol–water partition coefficient (Wildman–Crippen LogP) is 1.75. The quantitative estimate of drug-likeness (QED) is 0.715. The Morgan fingerprint density at radius 1 is 1.44 bits per heavy atom. The average molecular weight is 363 g/mol. The van der Waals surface area contributed by atoms with E-state index in [-0.39, 0.29) is 23.9 Å². The maximum absolute atomic E-state index is 12.8. The lowest BCUT2D eigenvalue weighted by Crippen LogP contribution is -2.56. The molecule has 1 aromatic carbocycles. The molecule has 7 nitrogen and oxygen atoms in total. The van der Waals surface area contributed by atoms with Crippen LogP contribution in [0.4, 0.5) is 10.5 Å². The Kier molecular flexibility index (Phi) is 4.94. The van der Waals surface area contributed by atoms with Crippen LogP contribution in [-0.4, -0.2) is 47.9 Å². The van der Waals surface area contributed by atoms with Crippen molar-refractivity contribution in [2.45, 2.75) is 24.9 Å². The average Bonchev–Trinajstić information content (AvgIpc) is 2.68. The molecule has 2 aliphatic rings. The Labute approximate surface area is 150 Å². The number of carbonyl (C=O) groups excluding carboxylic acids is 3. The highest BCUT2D eigenvalue weighted by Crippen LogP contribution is 2.30. The molecule has 1 aromatic rings. The minimum absolute atomic E-state index is 0.186. The Morgan fingerprint density at radius 2 is 2.24 bits per heavy atom. The SMILES string of the molecule is C=CCNC(=O)NC1CCN2C(=O)c3ccc(Cl)cc3NC(=O)C2C1. The van der Waals surface area contributed by atoms with Crippen molar-refractivity contribution in [2.75, 3.05) is 18.4 Å². The van der Waals surface area contributed by atoms with E-state index in [1.165, 1.54) is 0 Å². The third-order valence-electron chi connectivity index (χ3n) is 4.38. The van der Waals surface area contributed by atoms with Gasteiger partial charge in [-0.25, -0.2) is 4.79 Å². The summed E-state index contributed by atoms with van der Waals surface area (Å²) in [7, 11) is 0. The summed E-state index contributed by atoms with van der Waals surface area (Å²) < 4.78 is 0. The normalized spacial score (nSPS) is 22.2. The molecule has 2 heterocycles. The molecule has 0 radical (unpaired) electrons. The zero-order valence-electron chi connectivity index (χ0n) is 13.5. The number of nitrogens with one attached hydrogen (secondary N) is 3. The second-order valence-corrected chi connectivity index (χ2v) is 6.49. The molecule has 0 spiro atoms. The predicted molar refractivity (Wildman–Crippen MR) is 94.7 cm³/mol. The van der Waals surface area contributed by atoms with E-state index in [2.05, 4.69) is 22.5 Å². The first-order valence-electron chi connectivity index (χ1n) is 8.06. The van der Waals surface area contributed by atoms with E-state index in [0.717, 1.165) is 0 Å². The van der Waals surface area contributed by atoms with Gasteiger partial charge < -0.3 is 20.9 Å². The van der Waals surface area contributed by atoms with Gasteiger partial charge in [-0.3, -0.25) is 9.59 Å². The fourth-order valence-electron chi connectivity index (χ4n) is 3.17. The summed E-state index contributed by atoms with van der Waals surface area (Å²) in [6.45, 7) is 4.30. The van der Waals surface area contributed by atoms with Crippen LogP contribution in [0.1, 0.15) is 23.2 Å². The molecule has 8 heteroatoms. The molecule has 4 amide bonds. The Bertz CT molecular complexity index is 737. The smallest absolute Gasteiger partial charge is 0.315 e. The van der Waals surface area contributed by atoms with Crippen molar-refractivity contribution in [2.24, 2.45) is 0 Å². The fraction of sp³-hybridized carbons (Fsp3) is 0.353. The van der Waals surface area contributed by atoms with Gasteiger partial charge in [-0.05, 0) is 31.0 Å². The van der Waals surface area contributed by atoms with Gasteiger partial charge in [0.05, 0.1) is 11.3 Å². The van der Waals surface area contributed by atoms with Crippen molar-refractivity contribution in [1.29, 1.82) is 0 Å². The molecule has 25 heavy (non-hydrogen) atoms. The number of nitrogens with zero attached hydrogens (tertiary/aromatic N) is 1. The number of urea groups is 1. The summed E-state index contributed by atoms with van der Waals surface area (Å²) in [6, 6.07) is 3.70. The van der Waals surface area contributed by atoms with E-state index in [9.17, 15) is 14.4 Å². The van der Waals surface area contributed by atoms with Gasteiger partial charge in [-0.2, -0.15) is 0 Å². The van der Waals surface area contributed by atoms with Gasteiger partial charge >= 0.3 is 6.03 Å². The van der Waals surface area contributed by atoms with Crippen LogP contribution < -0.4 is 16.0 Å². The number of amides is 4. The van der Waals surface area contributed by atoms with E-state index in [4.69, 9.17) is 11.6 Å². The van der Waals surface area contributed by atoms with Gasteiger partial charge in [0.2, 0.25) is 5.91 Å². The molecule has 0 aliphatic carbocycles. The van der Waals surface area contributed by atoms with Gasteiger partial charge in [0, 0.05) is 24.2 Å². The number of carbonyl (C=O) groups is 3. The number of fused-ring (bicyclic) bond motifs is 2. The van der Waals surface area contributed by atoms with Crippen molar-refractivity contribution in [3.05, 3.63) is 41.4 Å². The van der Waals surface area contributed by atoms with E-state index in [0.29, 0.717) is 42.2 Å². The first kappa shape index (κ1) is 17.3. The molecule has 0 saturated carbocycles. The number of piperidine rings is 1. The first-order chi connectivity index (χ1) is 12.0. The summed E-state index contributed by atoms with van der Waals surface area (Å²) in [5.41, 5.74) is 0.848. The lowest BCUT2D eigenvalue weighted by Gasteiger charge is -2.37. The van der Waals surface area contributed by atoms with E-state index >= 15 is 0 Å². The molecule has 2 aliphatic heterocycles. The summed E-state index contributed by atoms with van der Waals surface area (Å²) in [4.78, 5) is 38.7.